The number of furan rings is 1. The maximum atomic E-state index is 12.4. The van der Waals surface area contributed by atoms with E-state index in [1.807, 2.05) is 30.7 Å². The number of aryl methyl sites for hydroxylation is 1. The first kappa shape index (κ1) is 18.8. The minimum Gasteiger partial charge on any atom is -0.458 e. The topological polar surface area (TPSA) is 97.4 Å². The molecule has 0 spiro atoms. The van der Waals surface area contributed by atoms with E-state index in [0.717, 1.165) is 5.56 Å². The summed E-state index contributed by atoms with van der Waals surface area (Å²) in [4.78, 5) is 4.18. The minimum atomic E-state index is -3.82. The average molecular weight is 396 g/mol. The van der Waals surface area contributed by atoms with Crippen molar-refractivity contribution in [2.45, 2.75) is 30.9 Å². The van der Waals surface area contributed by atoms with Crippen LogP contribution in [0, 0.1) is 0 Å². The molecule has 0 radical (unpaired) electrons. The van der Waals surface area contributed by atoms with Crippen LogP contribution >= 0.6 is 11.3 Å². The highest BCUT2D eigenvalue weighted by molar-refractivity contribution is 7.89. The first-order chi connectivity index (χ1) is 12.3. The van der Waals surface area contributed by atoms with Crippen LogP contribution in [-0.4, -0.2) is 29.6 Å². The van der Waals surface area contributed by atoms with Crippen LogP contribution in [0.1, 0.15) is 37.5 Å². The first-order valence-electron chi connectivity index (χ1n) is 8.11. The number of hydrogen-bond acceptors (Lipinski definition) is 6. The Morgan fingerprint density at radius 1 is 1.35 bits per heavy atom. The SMILES string of the molecule is CC(C)c1nc(S(=O)(=O)NCC(O)c2ccc(-c3ccsc3)o2)cn1C. The molecule has 0 saturated heterocycles. The summed E-state index contributed by atoms with van der Waals surface area (Å²) in [6.07, 6.45) is 0.372. The molecular weight excluding hydrogens is 374 g/mol. The average Bonchev–Trinajstić information content (AvgIpc) is 3.31. The highest BCUT2D eigenvalue weighted by atomic mass is 32.2. The van der Waals surface area contributed by atoms with Crippen LogP contribution in [-0.2, 0) is 17.1 Å². The molecule has 0 saturated carbocycles. The highest BCUT2D eigenvalue weighted by Gasteiger charge is 2.23. The van der Waals surface area contributed by atoms with Crippen LogP contribution in [0.2, 0.25) is 0 Å². The Hall–Kier alpha value is -1.94. The molecule has 26 heavy (non-hydrogen) atoms. The monoisotopic (exact) mass is 395 g/mol. The molecular formula is C17H21N3O4S2. The molecule has 2 N–H and O–H groups in total. The molecule has 7 nitrogen and oxygen atoms in total. The fourth-order valence-corrected chi connectivity index (χ4v) is 4.25. The molecule has 0 aliphatic carbocycles. The largest absolute Gasteiger partial charge is 0.458 e. The Labute approximate surface area is 156 Å². The van der Waals surface area contributed by atoms with Gasteiger partial charge in [0.2, 0.25) is 0 Å². The van der Waals surface area contributed by atoms with Crippen LogP contribution in [0.3, 0.4) is 0 Å². The smallest absolute Gasteiger partial charge is 0.259 e. The molecule has 1 unspecified atom stereocenters. The molecule has 0 aromatic carbocycles. The lowest BCUT2D eigenvalue weighted by Gasteiger charge is -2.09. The van der Waals surface area contributed by atoms with Gasteiger partial charge in [-0.15, -0.1) is 0 Å². The molecule has 3 rings (SSSR count). The van der Waals surface area contributed by atoms with E-state index in [9.17, 15) is 13.5 Å². The zero-order chi connectivity index (χ0) is 18.9. The van der Waals surface area contributed by atoms with Gasteiger partial charge in [-0.25, -0.2) is 18.1 Å². The van der Waals surface area contributed by atoms with Crippen molar-refractivity contribution in [2.75, 3.05) is 6.54 Å². The summed E-state index contributed by atoms with van der Waals surface area (Å²) in [5.74, 6) is 1.72. The predicted octanol–water partition coefficient (Wildman–Crippen LogP) is 2.88. The van der Waals surface area contributed by atoms with Crippen LogP contribution in [0.15, 0.2) is 44.6 Å². The summed E-state index contributed by atoms with van der Waals surface area (Å²) in [6, 6.07) is 5.31. The van der Waals surface area contributed by atoms with Gasteiger partial charge in [-0.3, -0.25) is 0 Å². The van der Waals surface area contributed by atoms with Crippen molar-refractivity contribution in [3.05, 3.63) is 46.7 Å². The molecule has 3 heterocycles. The summed E-state index contributed by atoms with van der Waals surface area (Å²) in [5.41, 5.74) is 0.920. The van der Waals surface area contributed by atoms with E-state index in [-0.39, 0.29) is 17.5 Å². The van der Waals surface area contributed by atoms with Crippen LogP contribution in [0.5, 0.6) is 0 Å². The van der Waals surface area contributed by atoms with E-state index in [1.54, 1.807) is 35.1 Å². The third-order valence-corrected chi connectivity index (χ3v) is 5.89. The van der Waals surface area contributed by atoms with E-state index in [0.29, 0.717) is 17.3 Å². The number of aliphatic hydroxyl groups is 1. The molecule has 0 aliphatic heterocycles. The molecule has 0 bridgehead atoms. The standard InChI is InChI=1S/C17H21N3O4S2/c1-11(2)17-19-16(9-20(17)3)26(22,23)18-8-13(21)15-5-4-14(24-15)12-6-7-25-10-12/h4-7,9-11,13,18,21H,8H2,1-3H3. The molecule has 140 valence electrons. The zero-order valence-corrected chi connectivity index (χ0v) is 16.3. The van der Waals surface area contributed by atoms with E-state index >= 15 is 0 Å². The maximum Gasteiger partial charge on any atom is 0.259 e. The Kier molecular flexibility index (Phi) is 5.33. The van der Waals surface area contributed by atoms with Gasteiger partial charge < -0.3 is 14.1 Å². The normalized spacial score (nSPS) is 13.4. The molecule has 0 amide bonds. The van der Waals surface area contributed by atoms with E-state index in [2.05, 4.69) is 9.71 Å². The van der Waals surface area contributed by atoms with Gasteiger partial charge in [0.1, 0.15) is 23.4 Å². The summed E-state index contributed by atoms with van der Waals surface area (Å²) in [5, 5.41) is 14.1. The van der Waals surface area contributed by atoms with E-state index < -0.39 is 16.1 Å². The second-order valence-electron chi connectivity index (χ2n) is 6.28. The van der Waals surface area contributed by atoms with Crippen LogP contribution in [0.4, 0.5) is 0 Å². The first-order valence-corrected chi connectivity index (χ1v) is 10.5. The van der Waals surface area contributed by atoms with Crippen molar-refractivity contribution >= 4 is 21.4 Å². The molecule has 1 atom stereocenters. The van der Waals surface area contributed by atoms with Gasteiger partial charge in [-0.1, -0.05) is 13.8 Å². The number of nitrogens with one attached hydrogen (secondary N) is 1. The summed E-state index contributed by atoms with van der Waals surface area (Å²) < 4.78 is 34.5. The lowest BCUT2D eigenvalue weighted by molar-refractivity contribution is 0.155. The summed E-state index contributed by atoms with van der Waals surface area (Å²) in [6.45, 7) is 3.68. The van der Waals surface area contributed by atoms with Gasteiger partial charge in [0.05, 0.1) is 0 Å². The number of thiophene rings is 1. The Morgan fingerprint density at radius 3 is 2.73 bits per heavy atom. The number of aliphatic hydroxyl groups excluding tert-OH is 1. The summed E-state index contributed by atoms with van der Waals surface area (Å²) >= 11 is 1.55. The summed E-state index contributed by atoms with van der Waals surface area (Å²) in [7, 11) is -2.06. The third-order valence-electron chi connectivity index (χ3n) is 3.91. The molecule has 0 fully saturated rings. The Morgan fingerprint density at radius 2 is 2.12 bits per heavy atom. The maximum absolute atomic E-state index is 12.4. The van der Waals surface area contributed by atoms with Gasteiger partial charge in [0, 0.05) is 36.7 Å². The van der Waals surface area contributed by atoms with Gasteiger partial charge in [0.25, 0.3) is 10.0 Å². The minimum absolute atomic E-state index is 0.0608. The Balaban J connectivity index is 1.68. The lowest BCUT2D eigenvalue weighted by Crippen LogP contribution is -2.28. The van der Waals surface area contributed by atoms with Crippen molar-refractivity contribution in [2.24, 2.45) is 7.05 Å². The van der Waals surface area contributed by atoms with Gasteiger partial charge in [-0.05, 0) is 23.6 Å². The number of nitrogens with zero attached hydrogens (tertiary/aromatic N) is 2. The lowest BCUT2D eigenvalue weighted by atomic mass is 10.2. The predicted molar refractivity (Wildman–Crippen MR) is 99.5 cm³/mol. The fraction of sp³-hybridized carbons (Fsp3) is 0.353. The molecule has 0 aliphatic rings. The van der Waals surface area contributed by atoms with Crippen molar-refractivity contribution in [1.29, 1.82) is 0 Å². The second-order valence-corrected chi connectivity index (χ2v) is 8.78. The van der Waals surface area contributed by atoms with Gasteiger partial charge >= 0.3 is 0 Å². The van der Waals surface area contributed by atoms with Crippen molar-refractivity contribution in [1.82, 2.24) is 14.3 Å². The molecule has 3 aromatic heterocycles. The van der Waals surface area contributed by atoms with Crippen molar-refractivity contribution < 1.29 is 17.9 Å². The van der Waals surface area contributed by atoms with E-state index in [4.69, 9.17) is 4.42 Å². The quantitative estimate of drug-likeness (QED) is 0.641. The Bertz CT molecular complexity index is 972. The second kappa shape index (κ2) is 7.36. The zero-order valence-electron chi connectivity index (χ0n) is 14.7. The van der Waals surface area contributed by atoms with Gasteiger partial charge in [-0.2, -0.15) is 11.3 Å². The van der Waals surface area contributed by atoms with Crippen LogP contribution < -0.4 is 4.72 Å². The third kappa shape index (κ3) is 3.90. The fourth-order valence-electron chi connectivity index (χ4n) is 2.57. The highest BCUT2D eigenvalue weighted by Crippen LogP contribution is 2.27. The number of imidazole rings is 1. The number of sulfonamides is 1. The van der Waals surface area contributed by atoms with Crippen molar-refractivity contribution in [3.63, 3.8) is 0 Å². The van der Waals surface area contributed by atoms with Crippen LogP contribution in [0.25, 0.3) is 11.3 Å². The number of hydrogen-bond donors (Lipinski definition) is 2. The van der Waals surface area contributed by atoms with Crippen molar-refractivity contribution in [3.8, 4) is 11.3 Å². The van der Waals surface area contributed by atoms with Gasteiger partial charge in [0.15, 0.2) is 5.03 Å². The van der Waals surface area contributed by atoms with E-state index in [1.165, 1.54) is 6.20 Å². The number of rotatable bonds is 7. The molecule has 3 aromatic rings. The molecule has 9 heteroatoms. The number of aromatic nitrogens is 2.